The monoisotopic (exact) mass is 430 g/mol. The van der Waals surface area contributed by atoms with E-state index in [0.717, 1.165) is 0 Å². The summed E-state index contributed by atoms with van der Waals surface area (Å²) in [5.74, 6) is 0. The van der Waals surface area contributed by atoms with Crippen LogP contribution in [0.1, 0.15) is 98.5 Å². The predicted octanol–water partition coefficient (Wildman–Crippen LogP) is 5.99. The van der Waals surface area contributed by atoms with Gasteiger partial charge in [0.15, 0.2) is 0 Å². The summed E-state index contributed by atoms with van der Waals surface area (Å²) in [7, 11) is -0.543. The Hall–Kier alpha value is -0.903. The molecule has 0 atom stereocenters. The first-order valence-corrected chi connectivity index (χ1v) is 14.1. The highest BCUT2D eigenvalue weighted by Gasteiger charge is 2.37. The van der Waals surface area contributed by atoms with E-state index in [1.54, 1.807) is 5.19 Å². The van der Waals surface area contributed by atoms with Crippen LogP contribution in [0.15, 0.2) is 30.8 Å². The molecule has 0 amide bonds. The Kier molecular flexibility index (Phi) is 13.6. The average Bonchev–Trinajstić information content (AvgIpc) is 2.73. The number of hydrogen-bond acceptors (Lipinski definition) is 2. The van der Waals surface area contributed by atoms with Crippen LogP contribution in [-0.4, -0.2) is 50.8 Å². The molecule has 0 saturated carbocycles. The Morgan fingerprint density at radius 3 is 1.63 bits per heavy atom. The molecule has 3 heteroatoms. The molecular formula is C27H50N2Si. The molecule has 0 fully saturated rings. The minimum absolute atomic E-state index is 0.197. The van der Waals surface area contributed by atoms with Crippen molar-refractivity contribution >= 4 is 20.3 Å². The third kappa shape index (κ3) is 8.68. The maximum absolute atomic E-state index is 4.19. The fourth-order valence-electron chi connectivity index (χ4n) is 4.34. The summed E-state index contributed by atoms with van der Waals surface area (Å²) >= 11 is 0. The first-order chi connectivity index (χ1) is 14.4. The number of hydrogen-bond donors (Lipinski definition) is 0. The molecule has 0 radical (unpaired) electrons. The minimum Gasteiger partial charge on any atom is -0.289 e. The van der Waals surface area contributed by atoms with Gasteiger partial charge in [0, 0.05) is 0 Å². The molecule has 0 aromatic heterocycles. The molecule has 0 aliphatic rings. The smallest absolute Gasteiger partial charge is 0.0959 e. The van der Waals surface area contributed by atoms with Gasteiger partial charge in [-0.2, -0.15) is 0 Å². The second-order valence-electron chi connectivity index (χ2n) is 9.26. The fourth-order valence-corrected chi connectivity index (χ4v) is 6.77. The molecule has 2 nitrogen and oxygen atoms in total. The van der Waals surface area contributed by atoms with Gasteiger partial charge in [-0.25, -0.2) is 0 Å². The van der Waals surface area contributed by atoms with Crippen molar-refractivity contribution in [2.75, 3.05) is 26.2 Å². The maximum atomic E-state index is 4.19. The second kappa shape index (κ2) is 15.0. The van der Waals surface area contributed by atoms with Crippen LogP contribution in [0, 0.1) is 0 Å². The summed E-state index contributed by atoms with van der Waals surface area (Å²) in [5.41, 5.74) is 2.49. The van der Waals surface area contributed by atoms with E-state index in [0.29, 0.717) is 0 Å². The summed E-state index contributed by atoms with van der Waals surface area (Å²) in [6.07, 6.45) is 10.3. The van der Waals surface area contributed by atoms with Gasteiger partial charge in [0.2, 0.25) is 0 Å². The lowest BCUT2D eigenvalue weighted by Gasteiger charge is -2.50. The Bertz CT molecular complexity index is 562. The summed E-state index contributed by atoms with van der Waals surface area (Å²) in [5, 5.41) is 1.77. The summed E-state index contributed by atoms with van der Waals surface area (Å²) in [6, 6.07) is 9.28. The molecule has 1 rings (SSSR count). The van der Waals surface area contributed by atoms with Crippen LogP contribution in [0.3, 0.4) is 0 Å². The normalized spacial score (nSPS) is 12.5. The molecule has 0 heterocycles. The molecular weight excluding hydrogens is 380 g/mol. The van der Waals surface area contributed by atoms with E-state index in [1.165, 1.54) is 88.7 Å². The molecule has 0 spiro atoms. The van der Waals surface area contributed by atoms with Crippen molar-refractivity contribution in [1.82, 2.24) is 9.80 Å². The zero-order valence-electron chi connectivity index (χ0n) is 21.1. The van der Waals surface area contributed by atoms with Gasteiger partial charge < -0.3 is 0 Å². The van der Waals surface area contributed by atoms with Crippen LogP contribution >= 0.6 is 0 Å². The molecule has 0 aliphatic heterocycles. The molecule has 0 bridgehead atoms. The number of allylic oxidation sites excluding steroid dienone is 1. The first-order valence-electron chi connectivity index (χ1n) is 12.7. The van der Waals surface area contributed by atoms with Crippen molar-refractivity contribution in [2.24, 2.45) is 0 Å². The third-order valence-electron chi connectivity index (χ3n) is 6.45. The van der Waals surface area contributed by atoms with E-state index in [-0.39, 0.29) is 5.29 Å². The van der Waals surface area contributed by atoms with Crippen molar-refractivity contribution in [1.29, 1.82) is 0 Å². The molecule has 0 N–H and O–H groups in total. The average molecular weight is 431 g/mol. The van der Waals surface area contributed by atoms with E-state index < -0.39 is 9.52 Å². The molecule has 1 aromatic rings. The van der Waals surface area contributed by atoms with Crippen LogP contribution in [0.4, 0.5) is 0 Å². The van der Waals surface area contributed by atoms with Crippen LogP contribution in [0.5, 0.6) is 0 Å². The molecule has 0 unspecified atom stereocenters. The topological polar surface area (TPSA) is 6.48 Å². The predicted molar refractivity (Wildman–Crippen MR) is 141 cm³/mol. The SMILES string of the molecule is C=C(C)c1cccc([SiH2]C(C)(N(CCCC)CCCC)N(CCCC)CCCC)c1. The van der Waals surface area contributed by atoms with Gasteiger partial charge in [-0.3, -0.25) is 9.80 Å². The van der Waals surface area contributed by atoms with E-state index >= 15 is 0 Å². The molecule has 0 saturated heterocycles. The number of unbranched alkanes of at least 4 members (excludes halogenated alkanes) is 4. The van der Waals surface area contributed by atoms with Gasteiger partial charge in [0.25, 0.3) is 0 Å². The van der Waals surface area contributed by atoms with Gasteiger partial charge >= 0.3 is 0 Å². The van der Waals surface area contributed by atoms with Gasteiger partial charge in [0.05, 0.1) is 14.8 Å². The van der Waals surface area contributed by atoms with Gasteiger partial charge in [-0.05, 0) is 71.3 Å². The minimum atomic E-state index is -0.543. The zero-order chi connectivity index (χ0) is 22.4. The highest BCUT2D eigenvalue weighted by molar-refractivity contribution is 6.56. The number of benzene rings is 1. The lowest BCUT2D eigenvalue weighted by atomic mass is 10.1. The lowest BCUT2D eigenvalue weighted by molar-refractivity contribution is 0.0127. The molecule has 1 aromatic carbocycles. The van der Waals surface area contributed by atoms with Crippen LogP contribution in [0.25, 0.3) is 5.57 Å². The quantitative estimate of drug-likeness (QED) is 0.221. The van der Waals surface area contributed by atoms with E-state index in [4.69, 9.17) is 0 Å². The third-order valence-corrected chi connectivity index (χ3v) is 8.86. The van der Waals surface area contributed by atoms with E-state index in [9.17, 15) is 0 Å². The van der Waals surface area contributed by atoms with Gasteiger partial charge in [-0.1, -0.05) is 95.0 Å². The Morgan fingerprint density at radius 2 is 1.27 bits per heavy atom. The van der Waals surface area contributed by atoms with E-state index in [1.807, 2.05) is 0 Å². The summed E-state index contributed by atoms with van der Waals surface area (Å²) in [4.78, 5) is 5.76. The zero-order valence-corrected chi connectivity index (χ0v) is 22.5. The van der Waals surface area contributed by atoms with Crippen molar-refractivity contribution < 1.29 is 0 Å². The van der Waals surface area contributed by atoms with Gasteiger partial charge in [-0.15, -0.1) is 0 Å². The summed E-state index contributed by atoms with van der Waals surface area (Å²) < 4.78 is 0. The largest absolute Gasteiger partial charge is 0.289 e. The number of nitrogens with zero attached hydrogens (tertiary/aromatic N) is 2. The van der Waals surface area contributed by atoms with Crippen LogP contribution in [0.2, 0.25) is 0 Å². The van der Waals surface area contributed by atoms with Crippen molar-refractivity contribution in [2.45, 2.75) is 98.2 Å². The molecule has 30 heavy (non-hydrogen) atoms. The number of rotatable bonds is 17. The standard InChI is InChI=1S/C27H50N2Si/c1-8-12-19-28(20-13-9-2)27(7,29(21-14-10-3)22-15-11-4)30-26-18-16-17-25(23-26)24(5)6/h16-18,23H,5,8-15,19-22,30H2,1-4,6-7H3. The van der Waals surface area contributed by atoms with Crippen molar-refractivity contribution in [3.05, 3.63) is 36.4 Å². The van der Waals surface area contributed by atoms with Crippen molar-refractivity contribution in [3.63, 3.8) is 0 Å². The molecule has 172 valence electrons. The van der Waals surface area contributed by atoms with Crippen LogP contribution < -0.4 is 5.19 Å². The van der Waals surface area contributed by atoms with Crippen LogP contribution in [-0.2, 0) is 0 Å². The lowest BCUT2D eigenvalue weighted by Crippen LogP contribution is -2.65. The first kappa shape index (κ1) is 27.1. The Balaban J connectivity index is 3.33. The van der Waals surface area contributed by atoms with E-state index in [2.05, 4.69) is 82.2 Å². The Labute approximate surface area is 190 Å². The maximum Gasteiger partial charge on any atom is 0.0959 e. The fraction of sp³-hybridized carbons (Fsp3) is 0.704. The van der Waals surface area contributed by atoms with Gasteiger partial charge in [0.1, 0.15) is 0 Å². The Morgan fingerprint density at radius 1 is 0.833 bits per heavy atom. The highest BCUT2D eigenvalue weighted by Crippen LogP contribution is 2.23. The highest BCUT2D eigenvalue weighted by atomic mass is 28.2. The van der Waals surface area contributed by atoms with Crippen molar-refractivity contribution in [3.8, 4) is 0 Å². The second-order valence-corrected chi connectivity index (χ2v) is 11.8. The molecule has 0 aliphatic carbocycles. The summed E-state index contributed by atoms with van der Waals surface area (Å²) in [6.45, 7) is 23.1.